The van der Waals surface area contributed by atoms with Gasteiger partial charge in [-0.25, -0.2) is 0 Å². The summed E-state index contributed by atoms with van der Waals surface area (Å²) in [5.41, 5.74) is 5.56. The first-order chi connectivity index (χ1) is 9.52. The zero-order valence-corrected chi connectivity index (χ0v) is 12.6. The maximum Gasteiger partial charge on any atom is 0.322 e. The Bertz CT molecular complexity index is 286. The molecular weight excluding hydrogens is 264 g/mol. The van der Waals surface area contributed by atoms with Crippen LogP contribution in [0.4, 0.5) is 0 Å². The first kappa shape index (κ1) is 18.8. The first-order valence-corrected chi connectivity index (χ1v) is 6.75. The number of hydrogen-bond acceptors (Lipinski definition) is 6. The summed E-state index contributed by atoms with van der Waals surface area (Å²) in [7, 11) is 2.97. The van der Waals surface area contributed by atoms with E-state index < -0.39 is 12.0 Å². The topological polar surface area (TPSA) is 91.1 Å². The fourth-order valence-corrected chi connectivity index (χ4v) is 1.43. The Morgan fingerprint density at radius 3 is 2.45 bits per heavy atom. The lowest BCUT2D eigenvalue weighted by Crippen LogP contribution is -2.35. The minimum Gasteiger partial charge on any atom is -0.468 e. The Morgan fingerprint density at radius 2 is 1.85 bits per heavy atom. The third kappa shape index (κ3) is 8.84. The average Bonchev–Trinajstić information content (AvgIpc) is 2.46. The van der Waals surface area contributed by atoms with Crippen molar-refractivity contribution >= 4 is 11.9 Å². The molecule has 0 saturated carbocycles. The van der Waals surface area contributed by atoms with Crippen molar-refractivity contribution in [2.75, 3.05) is 47.1 Å². The van der Waals surface area contributed by atoms with Gasteiger partial charge < -0.3 is 24.8 Å². The number of ether oxygens (including phenoxy) is 3. The van der Waals surface area contributed by atoms with Crippen LogP contribution in [0.3, 0.4) is 0 Å². The van der Waals surface area contributed by atoms with Gasteiger partial charge in [0, 0.05) is 26.6 Å². The van der Waals surface area contributed by atoms with Crippen molar-refractivity contribution in [1.82, 2.24) is 4.90 Å². The van der Waals surface area contributed by atoms with E-state index in [1.165, 1.54) is 7.11 Å². The van der Waals surface area contributed by atoms with E-state index in [-0.39, 0.29) is 18.7 Å². The number of rotatable bonds is 11. The van der Waals surface area contributed by atoms with E-state index in [2.05, 4.69) is 4.74 Å². The van der Waals surface area contributed by atoms with Crippen molar-refractivity contribution in [3.8, 4) is 0 Å². The van der Waals surface area contributed by atoms with Gasteiger partial charge in [0.25, 0.3) is 0 Å². The smallest absolute Gasteiger partial charge is 0.322 e. The van der Waals surface area contributed by atoms with Crippen LogP contribution in [0.2, 0.25) is 0 Å². The number of nitrogens with zero attached hydrogens (tertiary/aromatic N) is 1. The maximum absolute atomic E-state index is 11.8. The predicted octanol–water partition coefficient (Wildman–Crippen LogP) is -0.222. The van der Waals surface area contributed by atoms with Crippen LogP contribution >= 0.6 is 0 Å². The number of methoxy groups -OCH3 is 1. The van der Waals surface area contributed by atoms with E-state index in [1.54, 1.807) is 11.9 Å². The summed E-state index contributed by atoms with van der Waals surface area (Å²) in [5.74, 6) is -0.572. The number of hydrogen-bond donors (Lipinski definition) is 1. The number of nitrogens with two attached hydrogens (primary N) is 1. The summed E-state index contributed by atoms with van der Waals surface area (Å²) in [5, 5.41) is 0. The highest BCUT2D eigenvalue weighted by Gasteiger charge is 2.16. The molecule has 1 amide bonds. The number of amides is 1. The molecule has 0 saturated heterocycles. The molecule has 0 aliphatic rings. The van der Waals surface area contributed by atoms with Gasteiger partial charge >= 0.3 is 5.97 Å². The number of carbonyl (C=O) groups excluding carboxylic acids is 2. The lowest BCUT2D eigenvalue weighted by atomic mass is 10.1. The van der Waals surface area contributed by atoms with Crippen molar-refractivity contribution in [3.63, 3.8) is 0 Å². The molecule has 0 aromatic heterocycles. The lowest BCUT2D eigenvalue weighted by Gasteiger charge is -2.18. The zero-order valence-electron chi connectivity index (χ0n) is 12.6. The van der Waals surface area contributed by atoms with Crippen LogP contribution in [0.15, 0.2) is 0 Å². The van der Waals surface area contributed by atoms with Gasteiger partial charge in [0.2, 0.25) is 5.91 Å². The van der Waals surface area contributed by atoms with Crippen molar-refractivity contribution in [3.05, 3.63) is 0 Å². The highest BCUT2D eigenvalue weighted by Crippen LogP contribution is 2.00. The summed E-state index contributed by atoms with van der Waals surface area (Å²) in [6.07, 6.45) is 0.493. The molecule has 0 rings (SSSR count). The lowest BCUT2D eigenvalue weighted by molar-refractivity contribution is -0.142. The molecular formula is C13H26N2O5. The van der Waals surface area contributed by atoms with Crippen molar-refractivity contribution in [1.29, 1.82) is 0 Å². The van der Waals surface area contributed by atoms with Gasteiger partial charge in [0.1, 0.15) is 6.04 Å². The van der Waals surface area contributed by atoms with Crippen molar-refractivity contribution < 1.29 is 23.8 Å². The maximum atomic E-state index is 11.8. The molecule has 0 spiro atoms. The van der Waals surface area contributed by atoms with Crippen LogP contribution in [-0.4, -0.2) is 69.9 Å². The van der Waals surface area contributed by atoms with Gasteiger partial charge in [0.05, 0.1) is 26.9 Å². The molecule has 0 aliphatic carbocycles. The van der Waals surface area contributed by atoms with Crippen LogP contribution in [0.5, 0.6) is 0 Å². The zero-order chi connectivity index (χ0) is 15.4. The van der Waals surface area contributed by atoms with Gasteiger partial charge in [0.15, 0.2) is 0 Å². The van der Waals surface area contributed by atoms with E-state index >= 15 is 0 Å². The van der Waals surface area contributed by atoms with Gasteiger partial charge in [-0.2, -0.15) is 0 Å². The summed E-state index contributed by atoms with van der Waals surface area (Å²) in [6.45, 7) is 4.62. The second-order valence-corrected chi connectivity index (χ2v) is 4.29. The molecule has 0 aromatic rings. The summed E-state index contributed by atoms with van der Waals surface area (Å²) >= 11 is 0. The summed E-state index contributed by atoms with van der Waals surface area (Å²) in [6, 6.07) is -0.750. The minimum absolute atomic E-state index is 0.0715. The van der Waals surface area contributed by atoms with Crippen LogP contribution < -0.4 is 5.73 Å². The van der Waals surface area contributed by atoms with Crippen molar-refractivity contribution in [2.24, 2.45) is 5.73 Å². The van der Waals surface area contributed by atoms with E-state index in [9.17, 15) is 9.59 Å². The third-order valence-corrected chi connectivity index (χ3v) is 2.75. The molecule has 0 unspecified atom stereocenters. The Balaban J connectivity index is 3.68. The molecule has 0 aliphatic heterocycles. The molecule has 7 heteroatoms. The second kappa shape index (κ2) is 11.6. The fraction of sp³-hybridized carbons (Fsp3) is 0.846. The van der Waals surface area contributed by atoms with Gasteiger partial charge in [-0.05, 0) is 13.3 Å². The Labute approximate surface area is 120 Å². The normalized spacial score (nSPS) is 12.0. The Kier molecular flexibility index (Phi) is 10.9. The molecule has 7 nitrogen and oxygen atoms in total. The number of likely N-dealkylation sites (N-methyl/N-ethyl adjacent to an activating group) is 1. The van der Waals surface area contributed by atoms with E-state index in [0.717, 1.165) is 0 Å². The largest absolute Gasteiger partial charge is 0.468 e. The molecule has 20 heavy (non-hydrogen) atoms. The highest BCUT2D eigenvalue weighted by molar-refractivity contribution is 5.79. The number of carbonyl (C=O) groups is 2. The van der Waals surface area contributed by atoms with E-state index in [1.807, 2.05) is 6.92 Å². The molecule has 0 fully saturated rings. The SMILES string of the molecule is CCOCCOCCN(C)C(=O)CC[C@H](N)C(=O)OC. The fourth-order valence-electron chi connectivity index (χ4n) is 1.43. The molecule has 0 aromatic carbocycles. The van der Waals surface area contributed by atoms with E-state index in [0.29, 0.717) is 33.0 Å². The Morgan fingerprint density at radius 1 is 1.20 bits per heavy atom. The Hall–Kier alpha value is -1.18. The summed E-state index contributed by atoms with van der Waals surface area (Å²) in [4.78, 5) is 24.4. The molecule has 0 bridgehead atoms. The monoisotopic (exact) mass is 290 g/mol. The van der Waals surface area contributed by atoms with Crippen LogP contribution in [0.25, 0.3) is 0 Å². The standard InChI is InChI=1S/C13H26N2O5/c1-4-19-9-10-20-8-7-15(2)12(16)6-5-11(14)13(17)18-3/h11H,4-10,14H2,1-3H3/t11-/m0/s1. The van der Waals surface area contributed by atoms with Crippen molar-refractivity contribution in [2.45, 2.75) is 25.8 Å². The third-order valence-electron chi connectivity index (χ3n) is 2.75. The highest BCUT2D eigenvalue weighted by atomic mass is 16.5. The average molecular weight is 290 g/mol. The van der Waals surface area contributed by atoms with Crippen LogP contribution in [0.1, 0.15) is 19.8 Å². The molecule has 0 heterocycles. The molecule has 1 atom stereocenters. The quantitative estimate of drug-likeness (QED) is 0.418. The van der Waals surface area contributed by atoms with Gasteiger partial charge in [-0.15, -0.1) is 0 Å². The van der Waals surface area contributed by atoms with Gasteiger partial charge in [-0.3, -0.25) is 9.59 Å². The second-order valence-electron chi connectivity index (χ2n) is 4.29. The minimum atomic E-state index is -0.750. The van der Waals surface area contributed by atoms with Crippen LogP contribution in [0, 0.1) is 0 Å². The van der Waals surface area contributed by atoms with Gasteiger partial charge in [-0.1, -0.05) is 0 Å². The number of esters is 1. The predicted molar refractivity (Wildman–Crippen MR) is 74.2 cm³/mol. The van der Waals surface area contributed by atoms with E-state index in [4.69, 9.17) is 15.2 Å². The molecule has 2 N–H and O–H groups in total. The van der Waals surface area contributed by atoms with Crippen LogP contribution in [-0.2, 0) is 23.8 Å². The summed E-state index contributed by atoms with van der Waals surface area (Å²) < 4.78 is 14.9. The molecule has 118 valence electrons. The molecule has 0 radical (unpaired) electrons. The first-order valence-electron chi connectivity index (χ1n) is 6.75.